The molecular formula is C29H42N2O6. The SMILES string of the molecule is COc1cc(-c2c(C)nc(C)c([C@H](OC(C)(C)C)C(=O)O)c2N2CCC(C)(C)CC2)cc(OC)c1OC. The van der Waals surface area contributed by atoms with Crippen molar-refractivity contribution in [3.63, 3.8) is 0 Å². The molecule has 204 valence electrons. The lowest BCUT2D eigenvalue weighted by Crippen LogP contribution is -2.39. The highest BCUT2D eigenvalue weighted by Crippen LogP contribution is 2.48. The summed E-state index contributed by atoms with van der Waals surface area (Å²) < 4.78 is 23.0. The fourth-order valence-corrected chi connectivity index (χ4v) is 4.98. The number of carboxylic acid groups (broad SMARTS) is 1. The molecule has 2 aromatic rings. The number of anilines is 1. The maximum atomic E-state index is 12.7. The third-order valence-electron chi connectivity index (χ3n) is 6.92. The summed E-state index contributed by atoms with van der Waals surface area (Å²) in [6.07, 6.45) is 0.789. The van der Waals surface area contributed by atoms with Gasteiger partial charge in [-0.3, -0.25) is 4.98 Å². The number of aliphatic carboxylic acids is 1. The molecule has 3 rings (SSSR count). The highest BCUT2D eigenvalue weighted by atomic mass is 16.5. The Morgan fingerprint density at radius 3 is 1.97 bits per heavy atom. The molecule has 2 heterocycles. The Morgan fingerprint density at radius 1 is 1.00 bits per heavy atom. The van der Waals surface area contributed by atoms with Gasteiger partial charge in [0.2, 0.25) is 5.75 Å². The topological polar surface area (TPSA) is 90.4 Å². The third-order valence-corrected chi connectivity index (χ3v) is 6.92. The lowest BCUT2D eigenvalue weighted by molar-refractivity contribution is -0.160. The molecule has 1 atom stereocenters. The van der Waals surface area contributed by atoms with Crippen molar-refractivity contribution < 1.29 is 28.8 Å². The summed E-state index contributed by atoms with van der Waals surface area (Å²) in [4.78, 5) is 19.8. The van der Waals surface area contributed by atoms with Crippen LogP contribution in [0.1, 0.15) is 70.5 Å². The molecule has 37 heavy (non-hydrogen) atoms. The van der Waals surface area contributed by atoms with E-state index in [4.69, 9.17) is 23.9 Å². The van der Waals surface area contributed by atoms with Gasteiger partial charge in [-0.2, -0.15) is 0 Å². The summed E-state index contributed by atoms with van der Waals surface area (Å²) in [5.41, 5.74) is 4.04. The van der Waals surface area contributed by atoms with Gasteiger partial charge in [0.05, 0.1) is 32.6 Å². The molecule has 1 aromatic heterocycles. The maximum Gasteiger partial charge on any atom is 0.337 e. The van der Waals surface area contributed by atoms with Gasteiger partial charge in [0, 0.05) is 35.6 Å². The van der Waals surface area contributed by atoms with E-state index in [1.807, 2.05) is 46.8 Å². The number of carboxylic acids is 1. The fraction of sp³-hybridized carbons (Fsp3) is 0.586. The largest absolute Gasteiger partial charge is 0.493 e. The van der Waals surface area contributed by atoms with E-state index >= 15 is 0 Å². The van der Waals surface area contributed by atoms with Crippen molar-refractivity contribution in [3.8, 4) is 28.4 Å². The van der Waals surface area contributed by atoms with Crippen LogP contribution in [-0.4, -0.2) is 56.1 Å². The predicted octanol–water partition coefficient (Wildman–Crippen LogP) is 5.96. The number of pyridine rings is 1. The molecule has 1 aromatic carbocycles. The summed E-state index contributed by atoms with van der Waals surface area (Å²) in [6.45, 7) is 15.5. The van der Waals surface area contributed by atoms with E-state index in [-0.39, 0.29) is 5.41 Å². The average molecular weight is 515 g/mol. The number of carbonyl (C=O) groups is 1. The first kappa shape index (κ1) is 28.6. The second-order valence-electron chi connectivity index (χ2n) is 11.4. The van der Waals surface area contributed by atoms with Gasteiger partial charge in [0.25, 0.3) is 0 Å². The molecule has 0 bridgehead atoms. The third kappa shape index (κ3) is 6.12. The van der Waals surface area contributed by atoms with Gasteiger partial charge >= 0.3 is 5.97 Å². The second kappa shape index (κ2) is 10.8. The zero-order valence-corrected chi connectivity index (χ0v) is 23.9. The van der Waals surface area contributed by atoms with Gasteiger partial charge in [0.1, 0.15) is 0 Å². The van der Waals surface area contributed by atoms with Crippen LogP contribution in [0.25, 0.3) is 11.1 Å². The van der Waals surface area contributed by atoms with Crippen LogP contribution in [0.5, 0.6) is 17.2 Å². The molecule has 0 radical (unpaired) electrons. The summed E-state index contributed by atoms with van der Waals surface area (Å²) >= 11 is 0. The van der Waals surface area contributed by atoms with Crippen molar-refractivity contribution in [2.24, 2.45) is 5.41 Å². The quantitative estimate of drug-likeness (QED) is 0.462. The molecule has 1 aliphatic rings. The number of rotatable bonds is 8. The smallest absolute Gasteiger partial charge is 0.337 e. The number of ether oxygens (including phenoxy) is 4. The number of aromatic nitrogens is 1. The first-order valence-corrected chi connectivity index (χ1v) is 12.7. The van der Waals surface area contributed by atoms with Crippen LogP contribution in [-0.2, 0) is 9.53 Å². The molecule has 1 aliphatic heterocycles. The van der Waals surface area contributed by atoms with E-state index < -0.39 is 17.7 Å². The summed E-state index contributed by atoms with van der Waals surface area (Å²) in [5.74, 6) is 0.486. The summed E-state index contributed by atoms with van der Waals surface area (Å²) in [6, 6.07) is 3.78. The molecule has 1 saturated heterocycles. The zero-order chi connectivity index (χ0) is 27.7. The Labute approximate surface area is 220 Å². The van der Waals surface area contributed by atoms with E-state index in [0.717, 1.165) is 48.4 Å². The number of methoxy groups -OCH3 is 3. The minimum atomic E-state index is -1.18. The molecule has 0 spiro atoms. The minimum absolute atomic E-state index is 0.217. The Bertz CT molecular complexity index is 1120. The number of piperidine rings is 1. The van der Waals surface area contributed by atoms with Crippen molar-refractivity contribution >= 4 is 11.7 Å². The van der Waals surface area contributed by atoms with Crippen molar-refractivity contribution in [2.45, 2.75) is 73.0 Å². The predicted molar refractivity (Wildman–Crippen MR) is 145 cm³/mol. The lowest BCUT2D eigenvalue weighted by Gasteiger charge is -2.41. The van der Waals surface area contributed by atoms with Gasteiger partial charge in [-0.1, -0.05) is 13.8 Å². The van der Waals surface area contributed by atoms with E-state index in [2.05, 4.69) is 18.7 Å². The Hall–Kier alpha value is -3.00. The molecule has 0 saturated carbocycles. The van der Waals surface area contributed by atoms with Crippen molar-refractivity contribution in [1.82, 2.24) is 4.98 Å². The van der Waals surface area contributed by atoms with Crippen molar-refractivity contribution in [1.29, 1.82) is 0 Å². The molecule has 1 N–H and O–H groups in total. The number of hydrogen-bond donors (Lipinski definition) is 1. The van der Waals surface area contributed by atoms with E-state index in [1.54, 1.807) is 21.3 Å². The standard InChI is InChI=1S/C29H42N2O6/c1-17-22(19-15-20(34-8)25(36-10)21(16-19)35-9)24(31-13-11-29(6,7)12-14-31)23(18(2)30-17)26(27(32)33)37-28(3,4)5/h15-16,26H,11-14H2,1-10H3,(H,32,33)/t26-/m0/s1. The lowest BCUT2D eigenvalue weighted by atomic mass is 9.81. The molecule has 0 amide bonds. The Morgan fingerprint density at radius 2 is 1.54 bits per heavy atom. The number of hydrogen-bond acceptors (Lipinski definition) is 7. The summed E-state index contributed by atoms with van der Waals surface area (Å²) in [7, 11) is 4.73. The van der Waals surface area contributed by atoms with Crippen LogP contribution < -0.4 is 19.1 Å². The van der Waals surface area contributed by atoms with Crippen molar-refractivity contribution in [2.75, 3.05) is 39.3 Å². The first-order valence-electron chi connectivity index (χ1n) is 12.7. The number of benzene rings is 1. The van der Waals surface area contributed by atoms with Crippen LogP contribution in [0.15, 0.2) is 12.1 Å². The van der Waals surface area contributed by atoms with Crippen molar-refractivity contribution in [3.05, 3.63) is 29.1 Å². The van der Waals surface area contributed by atoms with Crippen LogP contribution >= 0.6 is 0 Å². The van der Waals surface area contributed by atoms with Crippen LogP contribution in [0, 0.1) is 19.3 Å². The van der Waals surface area contributed by atoms with Gasteiger partial charge in [-0.25, -0.2) is 4.79 Å². The molecular weight excluding hydrogens is 472 g/mol. The van der Waals surface area contributed by atoms with Crippen LogP contribution in [0.2, 0.25) is 0 Å². The average Bonchev–Trinajstić information content (AvgIpc) is 2.80. The minimum Gasteiger partial charge on any atom is -0.493 e. The van der Waals surface area contributed by atoms with Crippen LogP contribution in [0.4, 0.5) is 5.69 Å². The van der Waals surface area contributed by atoms with Gasteiger partial charge in [-0.15, -0.1) is 0 Å². The molecule has 8 nitrogen and oxygen atoms in total. The summed E-state index contributed by atoms with van der Waals surface area (Å²) in [5, 5.41) is 10.4. The van der Waals surface area contributed by atoms with E-state index in [0.29, 0.717) is 28.5 Å². The normalized spacial score (nSPS) is 16.3. The van der Waals surface area contributed by atoms with Gasteiger partial charge in [0.15, 0.2) is 17.6 Å². The molecule has 8 heteroatoms. The van der Waals surface area contributed by atoms with E-state index in [9.17, 15) is 9.90 Å². The number of aryl methyl sites for hydroxylation is 2. The zero-order valence-electron chi connectivity index (χ0n) is 23.9. The monoisotopic (exact) mass is 514 g/mol. The highest BCUT2D eigenvalue weighted by Gasteiger charge is 2.36. The van der Waals surface area contributed by atoms with E-state index in [1.165, 1.54) is 0 Å². The Kier molecular flexibility index (Phi) is 8.32. The van der Waals surface area contributed by atoms with Gasteiger partial charge < -0.3 is 29.0 Å². The first-order chi connectivity index (χ1) is 17.2. The second-order valence-corrected chi connectivity index (χ2v) is 11.4. The Balaban J connectivity index is 2.39. The molecule has 1 fully saturated rings. The van der Waals surface area contributed by atoms with Crippen LogP contribution in [0.3, 0.4) is 0 Å². The fourth-order valence-electron chi connectivity index (χ4n) is 4.98. The molecule has 0 aliphatic carbocycles. The maximum absolute atomic E-state index is 12.7. The molecule has 0 unspecified atom stereocenters. The number of nitrogens with zero attached hydrogens (tertiary/aromatic N) is 2. The highest BCUT2D eigenvalue weighted by molar-refractivity contribution is 5.89. The van der Waals surface area contributed by atoms with Gasteiger partial charge in [-0.05, 0) is 70.6 Å².